The fourth-order valence-corrected chi connectivity index (χ4v) is 4.11. The Bertz CT molecular complexity index is 631. The fraction of sp³-hybridized carbons (Fsp3) is 0.600. The number of aryl methyl sites for hydroxylation is 1. The average molecular weight is 328 g/mol. The van der Waals surface area contributed by atoms with Gasteiger partial charge in [0.1, 0.15) is 0 Å². The molecule has 0 bridgehead atoms. The van der Waals surface area contributed by atoms with Gasteiger partial charge in [-0.25, -0.2) is 0 Å². The summed E-state index contributed by atoms with van der Waals surface area (Å²) in [6.07, 6.45) is 3.47. The Kier molecular flexibility index (Phi) is 5.04. The number of benzene rings is 1. The number of imide groups is 1. The van der Waals surface area contributed by atoms with Crippen molar-refractivity contribution in [1.29, 1.82) is 0 Å². The van der Waals surface area contributed by atoms with E-state index in [4.69, 9.17) is 0 Å². The highest BCUT2D eigenvalue weighted by Crippen LogP contribution is 2.33. The van der Waals surface area contributed by atoms with Crippen molar-refractivity contribution in [3.63, 3.8) is 0 Å². The highest BCUT2D eigenvalue weighted by atomic mass is 16.2. The molecular formula is C20H28N2O2. The Hall–Kier alpha value is -1.68. The van der Waals surface area contributed by atoms with E-state index in [-0.39, 0.29) is 17.7 Å². The lowest BCUT2D eigenvalue weighted by molar-refractivity contribution is -0.134. The van der Waals surface area contributed by atoms with Gasteiger partial charge in [0, 0.05) is 12.5 Å². The molecule has 1 atom stereocenters. The van der Waals surface area contributed by atoms with Crippen LogP contribution in [-0.4, -0.2) is 35.8 Å². The van der Waals surface area contributed by atoms with Crippen LogP contribution < -0.4 is 5.32 Å². The second-order valence-electron chi connectivity index (χ2n) is 7.52. The van der Waals surface area contributed by atoms with Gasteiger partial charge in [-0.3, -0.25) is 14.9 Å². The summed E-state index contributed by atoms with van der Waals surface area (Å²) in [5, 5.41) is 2.46. The first kappa shape index (κ1) is 17.2. The minimum atomic E-state index is -0.182. The van der Waals surface area contributed by atoms with E-state index in [9.17, 15) is 9.59 Å². The normalized spacial score (nSPS) is 23.6. The van der Waals surface area contributed by atoms with Gasteiger partial charge < -0.3 is 4.90 Å². The molecule has 4 nitrogen and oxygen atoms in total. The van der Waals surface area contributed by atoms with E-state index in [2.05, 4.69) is 49.2 Å². The summed E-state index contributed by atoms with van der Waals surface area (Å²) < 4.78 is 0. The average Bonchev–Trinajstić information content (AvgIpc) is 2.55. The molecule has 24 heavy (non-hydrogen) atoms. The van der Waals surface area contributed by atoms with Gasteiger partial charge in [0.05, 0.1) is 5.92 Å². The highest BCUT2D eigenvalue weighted by molar-refractivity contribution is 6.00. The van der Waals surface area contributed by atoms with Gasteiger partial charge in [-0.05, 0) is 75.7 Å². The van der Waals surface area contributed by atoms with Crippen LogP contribution in [0.1, 0.15) is 68.1 Å². The second kappa shape index (κ2) is 7.06. The number of nitrogens with zero attached hydrogens (tertiary/aromatic N) is 1. The largest absolute Gasteiger partial charge is 0.301 e. The Labute approximate surface area is 144 Å². The monoisotopic (exact) mass is 328 g/mol. The molecule has 0 radical (unpaired) electrons. The maximum atomic E-state index is 12.1. The lowest BCUT2D eigenvalue weighted by Crippen LogP contribution is -2.39. The summed E-state index contributed by atoms with van der Waals surface area (Å²) in [5.41, 5.74) is 3.75. The van der Waals surface area contributed by atoms with E-state index >= 15 is 0 Å². The Morgan fingerprint density at radius 2 is 1.83 bits per heavy atom. The molecule has 2 heterocycles. The first-order valence-corrected chi connectivity index (χ1v) is 9.14. The third kappa shape index (κ3) is 3.54. The Morgan fingerprint density at radius 3 is 2.42 bits per heavy atom. The van der Waals surface area contributed by atoms with E-state index in [1.54, 1.807) is 0 Å². The summed E-state index contributed by atoms with van der Waals surface area (Å²) in [7, 11) is 0. The van der Waals surface area contributed by atoms with Crippen molar-refractivity contribution < 1.29 is 9.59 Å². The number of hydrogen-bond donors (Lipinski definition) is 1. The summed E-state index contributed by atoms with van der Waals surface area (Å²) in [4.78, 5) is 25.9. The number of hydrogen-bond acceptors (Lipinski definition) is 3. The number of rotatable bonds is 3. The zero-order valence-electron chi connectivity index (χ0n) is 15.0. The molecule has 2 aliphatic rings. The molecule has 1 unspecified atom stereocenters. The topological polar surface area (TPSA) is 49.4 Å². The van der Waals surface area contributed by atoms with E-state index in [0.717, 1.165) is 18.7 Å². The summed E-state index contributed by atoms with van der Waals surface area (Å²) in [5.74, 6) is 0.138. The molecule has 2 saturated heterocycles. The number of carbonyl (C=O) groups is 2. The number of carbonyl (C=O) groups excluding carboxylic acids is 2. The molecule has 2 fully saturated rings. The maximum absolute atomic E-state index is 12.1. The molecule has 2 aliphatic heterocycles. The smallest absolute Gasteiger partial charge is 0.234 e. The first-order valence-electron chi connectivity index (χ1n) is 9.14. The van der Waals surface area contributed by atoms with E-state index in [1.165, 1.54) is 24.0 Å². The van der Waals surface area contributed by atoms with Crippen molar-refractivity contribution in [3.05, 3.63) is 34.9 Å². The zero-order chi connectivity index (χ0) is 17.3. The molecule has 130 valence electrons. The second-order valence-corrected chi connectivity index (χ2v) is 7.52. The fourth-order valence-electron chi connectivity index (χ4n) is 4.11. The van der Waals surface area contributed by atoms with Gasteiger partial charge in [0.2, 0.25) is 11.8 Å². The number of piperidine rings is 2. The minimum absolute atomic E-state index is 0.149. The molecule has 1 aromatic carbocycles. The standard InChI is InChI=1S/C20H28N2O2/c1-13(2)22-10-8-15(9-11-22)17-5-4-16(12-14(17)3)18-6-7-19(23)21-20(18)24/h4-5,12-13,15,18H,6-11H2,1-3H3,(H,21,23,24). The molecule has 1 aromatic rings. The van der Waals surface area contributed by atoms with Gasteiger partial charge >= 0.3 is 0 Å². The molecule has 0 aromatic heterocycles. The number of likely N-dealkylation sites (tertiary alicyclic amines) is 1. The van der Waals surface area contributed by atoms with E-state index in [1.807, 2.05) is 0 Å². The van der Waals surface area contributed by atoms with Gasteiger partial charge in [-0.15, -0.1) is 0 Å². The lowest BCUT2D eigenvalue weighted by Gasteiger charge is -2.35. The Morgan fingerprint density at radius 1 is 1.12 bits per heavy atom. The third-order valence-electron chi connectivity index (χ3n) is 5.64. The van der Waals surface area contributed by atoms with Crippen LogP contribution >= 0.6 is 0 Å². The number of nitrogens with one attached hydrogen (secondary N) is 1. The molecule has 0 spiro atoms. The van der Waals surface area contributed by atoms with Crippen LogP contribution in [0.3, 0.4) is 0 Å². The van der Waals surface area contributed by atoms with Gasteiger partial charge in [0.25, 0.3) is 0 Å². The summed E-state index contributed by atoms with van der Waals surface area (Å²) in [6.45, 7) is 9.01. The quantitative estimate of drug-likeness (QED) is 0.868. The van der Waals surface area contributed by atoms with Crippen LogP contribution in [0.2, 0.25) is 0 Å². The van der Waals surface area contributed by atoms with E-state index in [0.29, 0.717) is 24.8 Å². The SMILES string of the molecule is Cc1cc(C2CCC(=O)NC2=O)ccc1C1CCN(C(C)C)CC1. The van der Waals surface area contributed by atoms with Gasteiger partial charge in [-0.2, -0.15) is 0 Å². The molecule has 1 N–H and O–H groups in total. The lowest BCUT2D eigenvalue weighted by atomic mass is 9.83. The predicted molar refractivity (Wildman–Crippen MR) is 95.0 cm³/mol. The van der Waals surface area contributed by atoms with Crippen LogP contribution in [0.5, 0.6) is 0 Å². The molecule has 0 saturated carbocycles. The van der Waals surface area contributed by atoms with Crippen LogP contribution in [-0.2, 0) is 9.59 Å². The number of amides is 2. The summed E-state index contributed by atoms with van der Waals surface area (Å²) in [6, 6.07) is 7.09. The third-order valence-corrected chi connectivity index (χ3v) is 5.64. The van der Waals surface area contributed by atoms with Crippen molar-refractivity contribution in [2.24, 2.45) is 0 Å². The predicted octanol–water partition coefficient (Wildman–Crippen LogP) is 3.10. The van der Waals surface area contributed by atoms with Crippen LogP contribution in [0.4, 0.5) is 0 Å². The zero-order valence-corrected chi connectivity index (χ0v) is 15.0. The van der Waals surface area contributed by atoms with Gasteiger partial charge in [0.15, 0.2) is 0 Å². The first-order chi connectivity index (χ1) is 11.5. The van der Waals surface area contributed by atoms with Crippen LogP contribution in [0.15, 0.2) is 18.2 Å². The molecular weight excluding hydrogens is 300 g/mol. The molecule has 2 amide bonds. The van der Waals surface area contributed by atoms with Gasteiger partial charge in [-0.1, -0.05) is 18.2 Å². The summed E-state index contributed by atoms with van der Waals surface area (Å²) >= 11 is 0. The molecule has 0 aliphatic carbocycles. The maximum Gasteiger partial charge on any atom is 0.234 e. The van der Waals surface area contributed by atoms with Crippen molar-refractivity contribution in [1.82, 2.24) is 10.2 Å². The molecule has 3 rings (SSSR count). The van der Waals surface area contributed by atoms with Crippen molar-refractivity contribution in [2.45, 2.75) is 64.3 Å². The van der Waals surface area contributed by atoms with Crippen molar-refractivity contribution >= 4 is 11.8 Å². The van der Waals surface area contributed by atoms with Crippen LogP contribution in [0.25, 0.3) is 0 Å². The Balaban J connectivity index is 1.71. The van der Waals surface area contributed by atoms with Crippen molar-refractivity contribution in [3.8, 4) is 0 Å². The molecule has 4 heteroatoms. The van der Waals surface area contributed by atoms with Crippen LogP contribution in [0, 0.1) is 6.92 Å². The van der Waals surface area contributed by atoms with E-state index < -0.39 is 0 Å². The minimum Gasteiger partial charge on any atom is -0.301 e. The highest BCUT2D eigenvalue weighted by Gasteiger charge is 2.29. The van der Waals surface area contributed by atoms with Crippen molar-refractivity contribution in [2.75, 3.05) is 13.1 Å².